The lowest BCUT2D eigenvalue weighted by atomic mass is 9.81. The number of benzene rings is 2. The van der Waals surface area contributed by atoms with Crippen molar-refractivity contribution in [2.75, 3.05) is 13.1 Å². The minimum absolute atomic E-state index is 0.222. The number of sulfonamides is 1. The Bertz CT molecular complexity index is 1500. The number of nitrogens with two attached hydrogens (primary N) is 1. The second-order valence-electron chi connectivity index (χ2n) is 11.2. The number of hydrogen-bond acceptors (Lipinski definition) is 7. The molecule has 1 aromatic heterocycles. The second kappa shape index (κ2) is 8.82. The van der Waals surface area contributed by atoms with Crippen LogP contribution in [0.15, 0.2) is 41.3 Å². The zero-order valence-corrected chi connectivity index (χ0v) is 21.8. The molecule has 0 aliphatic carbocycles. The number of H-pyrrole nitrogens is 1. The fourth-order valence-corrected chi connectivity index (χ4v) is 8.45. The molecule has 0 amide bonds. The highest BCUT2D eigenvalue weighted by Crippen LogP contribution is 2.52. The zero-order chi connectivity index (χ0) is 27.1. The third-order valence-corrected chi connectivity index (χ3v) is 10.2. The van der Waals surface area contributed by atoms with Gasteiger partial charge in [0.2, 0.25) is 15.8 Å². The molecule has 0 bridgehead atoms. The number of primary sulfonamides is 1. The summed E-state index contributed by atoms with van der Waals surface area (Å²) >= 11 is 0. The van der Waals surface area contributed by atoms with E-state index >= 15 is 0 Å². The van der Waals surface area contributed by atoms with Crippen LogP contribution in [0.5, 0.6) is 0 Å². The minimum atomic E-state index is -4.95. The van der Waals surface area contributed by atoms with E-state index in [4.69, 9.17) is 5.14 Å². The molecule has 4 atom stereocenters. The summed E-state index contributed by atoms with van der Waals surface area (Å²) in [4.78, 5) is 4.33. The summed E-state index contributed by atoms with van der Waals surface area (Å²) in [7, 11) is -4.79. The van der Waals surface area contributed by atoms with Crippen molar-refractivity contribution in [2.45, 2.75) is 73.3 Å². The van der Waals surface area contributed by atoms with Crippen molar-refractivity contribution in [1.29, 1.82) is 0 Å². The van der Waals surface area contributed by atoms with Crippen LogP contribution in [0.1, 0.15) is 49.1 Å². The first-order chi connectivity index (χ1) is 18.6. The number of hydrogen-bond donors (Lipinski definition) is 2. The highest BCUT2D eigenvalue weighted by molar-refractivity contribution is 7.89. The number of halogens is 3. The maximum absolute atomic E-state index is 13.8. The van der Waals surface area contributed by atoms with Crippen LogP contribution in [0.3, 0.4) is 0 Å². The fraction of sp³-hybridized carbons (Fsp3) is 0.500. The van der Waals surface area contributed by atoms with Crippen LogP contribution in [-0.2, 0) is 16.2 Å². The number of nitrogens with one attached hydrogen (secondary N) is 1. The monoisotopic (exact) mass is 559 g/mol. The van der Waals surface area contributed by atoms with Gasteiger partial charge in [-0.1, -0.05) is 30.3 Å². The Morgan fingerprint density at radius 2 is 1.64 bits per heavy atom. The first-order valence-electron chi connectivity index (χ1n) is 13.2. The number of aromatic amines is 1. The lowest BCUT2D eigenvalue weighted by molar-refractivity contribution is -0.139. The Kier molecular flexibility index (Phi) is 5.68. The molecule has 206 valence electrons. The summed E-state index contributed by atoms with van der Waals surface area (Å²) in [5.41, 5.74) is 0.212. The maximum atomic E-state index is 13.8. The molecule has 4 fully saturated rings. The van der Waals surface area contributed by atoms with Crippen LogP contribution in [0, 0.1) is 0 Å². The van der Waals surface area contributed by atoms with Gasteiger partial charge in [0, 0.05) is 24.2 Å². The third-order valence-electron chi connectivity index (χ3n) is 9.25. The standard InChI is InChI=1S/C26H28F3N7O2S/c27-26(28,29)20-6-5-19(23(24(20)39(30,37)38)25-31-33-34-32-25)16-3-1-14(2-4-16)15-7-9-35(10-8-15)21-12-17-11-18-13-22(21)36(17)18/h1-6,15,17-18,21-22H,7-13H2,(H2,30,37,38)(H,31,32,33,34). The Balaban J connectivity index is 1.16. The average molecular weight is 560 g/mol. The predicted molar refractivity (Wildman–Crippen MR) is 136 cm³/mol. The van der Waals surface area contributed by atoms with E-state index in [1.165, 1.54) is 25.3 Å². The smallest absolute Gasteiger partial charge is 0.299 e. The number of alkyl halides is 3. The number of aromatic nitrogens is 4. The van der Waals surface area contributed by atoms with E-state index in [9.17, 15) is 21.6 Å². The van der Waals surface area contributed by atoms with E-state index in [2.05, 4.69) is 30.4 Å². The molecule has 13 heteroatoms. The molecule has 39 heavy (non-hydrogen) atoms. The molecular weight excluding hydrogens is 531 g/mol. The van der Waals surface area contributed by atoms with Crippen molar-refractivity contribution in [3.05, 3.63) is 47.5 Å². The lowest BCUT2D eigenvalue weighted by Crippen LogP contribution is -2.67. The molecule has 4 aliphatic heterocycles. The first kappa shape index (κ1) is 25.1. The molecule has 3 N–H and O–H groups in total. The molecule has 2 aromatic carbocycles. The van der Waals surface area contributed by atoms with E-state index in [-0.39, 0.29) is 17.0 Å². The number of rotatable bonds is 5. The molecule has 4 unspecified atom stereocenters. The highest BCUT2D eigenvalue weighted by atomic mass is 32.2. The van der Waals surface area contributed by atoms with Crippen LogP contribution in [0.2, 0.25) is 0 Å². The molecule has 0 radical (unpaired) electrons. The summed E-state index contributed by atoms with van der Waals surface area (Å²) in [6, 6.07) is 12.6. The van der Waals surface area contributed by atoms with Crippen LogP contribution < -0.4 is 5.14 Å². The molecule has 3 aromatic rings. The van der Waals surface area contributed by atoms with Gasteiger partial charge in [-0.05, 0) is 79.1 Å². The largest absolute Gasteiger partial charge is 0.417 e. The van der Waals surface area contributed by atoms with Crippen molar-refractivity contribution in [3.8, 4) is 22.5 Å². The van der Waals surface area contributed by atoms with E-state index in [0.29, 0.717) is 17.5 Å². The SMILES string of the molecule is NS(=O)(=O)c1c(C(F)(F)F)ccc(-c2ccc(C3CCN(C4CC5CC6CC4N56)CC3)cc2)c1-c1nn[nH]n1. The second-order valence-corrected chi connectivity index (χ2v) is 12.7. The summed E-state index contributed by atoms with van der Waals surface area (Å²) in [6.45, 7) is 2.13. The summed E-state index contributed by atoms with van der Waals surface area (Å²) in [5.74, 6) is 0.109. The fourth-order valence-electron chi connectivity index (χ4n) is 7.47. The molecule has 4 aliphatic rings. The Morgan fingerprint density at radius 3 is 2.23 bits per heavy atom. The van der Waals surface area contributed by atoms with Crippen molar-refractivity contribution in [1.82, 2.24) is 30.4 Å². The van der Waals surface area contributed by atoms with Crippen LogP contribution in [-0.4, -0.2) is 76.1 Å². The topological polar surface area (TPSA) is 121 Å². The molecule has 4 saturated heterocycles. The molecule has 7 rings (SSSR count). The van der Waals surface area contributed by atoms with E-state index < -0.39 is 26.7 Å². The third kappa shape index (κ3) is 4.09. The Hall–Kier alpha value is -2.87. The zero-order valence-electron chi connectivity index (χ0n) is 21.0. The number of piperidine rings is 2. The van der Waals surface area contributed by atoms with Crippen molar-refractivity contribution in [3.63, 3.8) is 0 Å². The van der Waals surface area contributed by atoms with Gasteiger partial charge in [-0.2, -0.15) is 18.4 Å². The summed E-state index contributed by atoms with van der Waals surface area (Å²) in [5, 5.41) is 18.5. The summed E-state index contributed by atoms with van der Waals surface area (Å²) in [6.07, 6.45) is 1.19. The van der Waals surface area contributed by atoms with Gasteiger partial charge >= 0.3 is 6.18 Å². The molecule has 0 saturated carbocycles. The van der Waals surface area contributed by atoms with Crippen LogP contribution in [0.25, 0.3) is 22.5 Å². The normalized spacial score (nSPS) is 27.7. The van der Waals surface area contributed by atoms with Gasteiger partial charge in [-0.15, -0.1) is 10.2 Å². The van der Waals surface area contributed by atoms with Crippen molar-refractivity contribution < 1.29 is 21.6 Å². The van der Waals surface area contributed by atoms with E-state index in [1.54, 1.807) is 12.1 Å². The first-order valence-corrected chi connectivity index (χ1v) is 14.8. The molecule has 0 spiro atoms. The maximum Gasteiger partial charge on any atom is 0.417 e. The summed E-state index contributed by atoms with van der Waals surface area (Å²) < 4.78 is 66.2. The Labute approximate surface area is 223 Å². The number of likely N-dealkylation sites (tertiary alicyclic amines) is 1. The van der Waals surface area contributed by atoms with E-state index in [1.807, 2.05) is 12.1 Å². The molecular formula is C26H28F3N7O2S. The molecule has 9 nitrogen and oxygen atoms in total. The predicted octanol–water partition coefficient (Wildman–Crippen LogP) is 3.37. The quantitative estimate of drug-likeness (QED) is 0.492. The van der Waals surface area contributed by atoms with Crippen molar-refractivity contribution in [2.24, 2.45) is 5.14 Å². The number of tetrazole rings is 1. The van der Waals surface area contributed by atoms with Gasteiger partial charge < -0.3 is 0 Å². The minimum Gasteiger partial charge on any atom is -0.299 e. The average Bonchev–Trinajstić information content (AvgIpc) is 3.43. The van der Waals surface area contributed by atoms with Gasteiger partial charge in [-0.3, -0.25) is 9.80 Å². The van der Waals surface area contributed by atoms with Gasteiger partial charge in [0.25, 0.3) is 0 Å². The van der Waals surface area contributed by atoms with Crippen LogP contribution in [0.4, 0.5) is 13.2 Å². The lowest BCUT2D eigenvalue weighted by Gasteiger charge is -2.58. The van der Waals surface area contributed by atoms with Gasteiger partial charge in [0.15, 0.2) is 0 Å². The van der Waals surface area contributed by atoms with Gasteiger partial charge in [0.1, 0.15) is 4.90 Å². The highest BCUT2D eigenvalue weighted by Gasteiger charge is 2.60. The van der Waals surface area contributed by atoms with E-state index in [0.717, 1.165) is 55.7 Å². The number of nitrogens with zero attached hydrogens (tertiary/aromatic N) is 5. The molecule has 5 heterocycles. The van der Waals surface area contributed by atoms with Gasteiger partial charge in [-0.25, -0.2) is 13.6 Å². The van der Waals surface area contributed by atoms with Crippen molar-refractivity contribution >= 4 is 10.0 Å². The Morgan fingerprint density at radius 1 is 0.949 bits per heavy atom. The van der Waals surface area contributed by atoms with Crippen LogP contribution >= 0.6 is 0 Å². The van der Waals surface area contributed by atoms with Gasteiger partial charge in [0.05, 0.1) is 11.1 Å².